The number of anilines is 2. The molecule has 8 heteroatoms. The lowest BCUT2D eigenvalue weighted by Crippen LogP contribution is -2.46. The Labute approximate surface area is 203 Å². The second kappa shape index (κ2) is 9.58. The number of benzene rings is 3. The molecule has 2 atom stereocenters. The second-order valence-electron chi connectivity index (χ2n) is 8.38. The highest BCUT2D eigenvalue weighted by Crippen LogP contribution is 2.42. The Morgan fingerprint density at radius 3 is 2.26 bits per heavy atom. The molecule has 0 aromatic heterocycles. The standard InChI is InChI=1S/C27H26N2O6/c1-32-20-8-3-17(4-9-20)26-22(27(31)28-18-5-13-23-24(15-18)35-16-34-23)12-14-25(30)29(26)19-6-10-21(33-2)11-7-19/h3-11,13,15,22,26H,12,14,16H2,1-2H3,(H,28,31). The Hall–Kier alpha value is -4.20. The van der Waals surface area contributed by atoms with E-state index in [-0.39, 0.29) is 25.0 Å². The van der Waals surface area contributed by atoms with Crippen molar-refractivity contribution in [2.45, 2.75) is 18.9 Å². The van der Waals surface area contributed by atoms with Gasteiger partial charge in [-0.15, -0.1) is 0 Å². The molecular formula is C27H26N2O6. The maximum absolute atomic E-state index is 13.6. The van der Waals surface area contributed by atoms with E-state index in [4.69, 9.17) is 18.9 Å². The summed E-state index contributed by atoms with van der Waals surface area (Å²) < 4.78 is 21.4. The molecule has 8 nitrogen and oxygen atoms in total. The Bertz CT molecular complexity index is 1230. The van der Waals surface area contributed by atoms with Gasteiger partial charge >= 0.3 is 0 Å². The van der Waals surface area contributed by atoms with Crippen molar-refractivity contribution in [1.82, 2.24) is 0 Å². The number of amides is 2. The van der Waals surface area contributed by atoms with Gasteiger partial charge in [-0.25, -0.2) is 0 Å². The number of carbonyl (C=O) groups is 2. The van der Waals surface area contributed by atoms with E-state index in [9.17, 15) is 9.59 Å². The third-order valence-electron chi connectivity index (χ3n) is 6.38. The quantitative estimate of drug-likeness (QED) is 0.564. The van der Waals surface area contributed by atoms with E-state index in [1.165, 1.54) is 0 Å². The average Bonchev–Trinajstić information content (AvgIpc) is 3.36. The van der Waals surface area contributed by atoms with Crippen molar-refractivity contribution in [3.8, 4) is 23.0 Å². The van der Waals surface area contributed by atoms with Gasteiger partial charge in [0.05, 0.1) is 26.2 Å². The molecule has 1 saturated heterocycles. The zero-order valence-electron chi connectivity index (χ0n) is 19.5. The number of rotatable bonds is 6. The number of piperidine rings is 1. The van der Waals surface area contributed by atoms with Gasteiger partial charge in [-0.3, -0.25) is 9.59 Å². The van der Waals surface area contributed by atoms with E-state index in [1.807, 2.05) is 48.5 Å². The molecular weight excluding hydrogens is 448 g/mol. The SMILES string of the molecule is COc1ccc(C2C(C(=O)Nc3ccc4c(c3)OCO4)CCC(=O)N2c2ccc(OC)cc2)cc1. The van der Waals surface area contributed by atoms with Crippen molar-refractivity contribution >= 4 is 23.2 Å². The van der Waals surface area contributed by atoms with E-state index in [0.717, 1.165) is 5.56 Å². The molecule has 0 bridgehead atoms. The summed E-state index contributed by atoms with van der Waals surface area (Å²) in [6.07, 6.45) is 0.691. The summed E-state index contributed by atoms with van der Waals surface area (Å²) in [4.78, 5) is 28.5. The van der Waals surface area contributed by atoms with Crippen LogP contribution in [0.1, 0.15) is 24.4 Å². The molecule has 3 aromatic carbocycles. The molecule has 0 saturated carbocycles. The molecule has 3 aromatic rings. The lowest BCUT2D eigenvalue weighted by Gasteiger charge is -2.41. The smallest absolute Gasteiger partial charge is 0.231 e. The van der Waals surface area contributed by atoms with Crippen molar-refractivity contribution in [2.75, 3.05) is 31.2 Å². The van der Waals surface area contributed by atoms with Crippen LogP contribution in [-0.4, -0.2) is 32.8 Å². The predicted octanol–water partition coefficient (Wildman–Crippen LogP) is 4.56. The zero-order valence-corrected chi connectivity index (χ0v) is 19.5. The van der Waals surface area contributed by atoms with Gasteiger partial charge in [0.2, 0.25) is 18.6 Å². The van der Waals surface area contributed by atoms with Crippen LogP contribution in [0.25, 0.3) is 0 Å². The van der Waals surface area contributed by atoms with Gasteiger partial charge < -0.3 is 29.2 Å². The van der Waals surface area contributed by atoms with Crippen molar-refractivity contribution in [3.63, 3.8) is 0 Å². The van der Waals surface area contributed by atoms with Gasteiger partial charge in [-0.2, -0.15) is 0 Å². The van der Waals surface area contributed by atoms with Crippen LogP contribution in [0.5, 0.6) is 23.0 Å². The first-order valence-corrected chi connectivity index (χ1v) is 11.4. The van der Waals surface area contributed by atoms with Crippen molar-refractivity contribution in [1.29, 1.82) is 0 Å². The summed E-state index contributed by atoms with van der Waals surface area (Å²) in [6, 6.07) is 19.6. The topological polar surface area (TPSA) is 86.3 Å². The number of carbonyl (C=O) groups excluding carboxylic acids is 2. The summed E-state index contributed by atoms with van der Waals surface area (Å²) in [5.41, 5.74) is 2.17. The predicted molar refractivity (Wildman–Crippen MR) is 130 cm³/mol. The largest absolute Gasteiger partial charge is 0.497 e. The molecule has 1 fully saturated rings. The Morgan fingerprint density at radius 1 is 0.914 bits per heavy atom. The van der Waals surface area contributed by atoms with Gasteiger partial charge in [0, 0.05) is 23.9 Å². The minimum absolute atomic E-state index is 0.0388. The van der Waals surface area contributed by atoms with Gasteiger partial charge in [0.25, 0.3) is 0 Å². The molecule has 2 unspecified atom stereocenters. The fourth-order valence-electron chi connectivity index (χ4n) is 4.61. The summed E-state index contributed by atoms with van der Waals surface area (Å²) in [5.74, 6) is 1.94. The summed E-state index contributed by atoms with van der Waals surface area (Å²) >= 11 is 0. The first-order valence-electron chi connectivity index (χ1n) is 11.4. The Kier molecular flexibility index (Phi) is 6.18. The number of methoxy groups -OCH3 is 2. The van der Waals surface area contributed by atoms with Crippen LogP contribution in [0.15, 0.2) is 66.7 Å². The van der Waals surface area contributed by atoms with Gasteiger partial charge in [0.15, 0.2) is 11.5 Å². The van der Waals surface area contributed by atoms with E-state index >= 15 is 0 Å². The summed E-state index contributed by atoms with van der Waals surface area (Å²) in [5, 5.41) is 3.01. The monoisotopic (exact) mass is 474 g/mol. The first kappa shape index (κ1) is 22.6. The van der Waals surface area contributed by atoms with Crippen LogP contribution < -0.4 is 29.2 Å². The Balaban J connectivity index is 1.49. The third-order valence-corrected chi connectivity index (χ3v) is 6.38. The highest BCUT2D eigenvalue weighted by Gasteiger charge is 2.41. The Morgan fingerprint density at radius 2 is 1.57 bits per heavy atom. The first-order chi connectivity index (χ1) is 17.1. The van der Waals surface area contributed by atoms with Gasteiger partial charge in [-0.05, 0) is 60.5 Å². The number of hydrogen-bond acceptors (Lipinski definition) is 6. The van der Waals surface area contributed by atoms with E-state index in [0.29, 0.717) is 40.8 Å². The molecule has 5 rings (SSSR count). The molecule has 0 spiro atoms. The van der Waals surface area contributed by atoms with Crippen molar-refractivity contribution in [3.05, 3.63) is 72.3 Å². The highest BCUT2D eigenvalue weighted by atomic mass is 16.7. The second-order valence-corrected chi connectivity index (χ2v) is 8.38. The minimum atomic E-state index is -0.496. The number of fused-ring (bicyclic) bond motifs is 1. The lowest BCUT2D eigenvalue weighted by atomic mass is 9.83. The molecule has 2 heterocycles. The van der Waals surface area contributed by atoms with E-state index in [1.54, 1.807) is 37.3 Å². The van der Waals surface area contributed by atoms with Crippen LogP contribution in [0.2, 0.25) is 0 Å². The van der Waals surface area contributed by atoms with Crippen LogP contribution in [0.4, 0.5) is 11.4 Å². The fraction of sp³-hybridized carbons (Fsp3) is 0.259. The lowest BCUT2D eigenvalue weighted by molar-refractivity contribution is -0.125. The maximum atomic E-state index is 13.6. The summed E-state index contributed by atoms with van der Waals surface area (Å²) in [6.45, 7) is 0.161. The van der Waals surface area contributed by atoms with E-state index in [2.05, 4.69) is 5.32 Å². The maximum Gasteiger partial charge on any atom is 0.231 e. The molecule has 2 aliphatic rings. The molecule has 2 amide bonds. The van der Waals surface area contributed by atoms with Crippen molar-refractivity contribution in [2.24, 2.45) is 5.92 Å². The van der Waals surface area contributed by atoms with Crippen LogP contribution in [0, 0.1) is 5.92 Å². The number of ether oxygens (including phenoxy) is 4. The number of nitrogens with zero attached hydrogens (tertiary/aromatic N) is 1. The average molecular weight is 475 g/mol. The molecule has 180 valence electrons. The zero-order chi connectivity index (χ0) is 24.4. The molecule has 35 heavy (non-hydrogen) atoms. The van der Waals surface area contributed by atoms with Crippen LogP contribution in [-0.2, 0) is 9.59 Å². The number of nitrogens with one attached hydrogen (secondary N) is 1. The normalized spacial score (nSPS) is 18.8. The van der Waals surface area contributed by atoms with Crippen LogP contribution >= 0.6 is 0 Å². The molecule has 2 aliphatic heterocycles. The molecule has 0 aliphatic carbocycles. The fourth-order valence-corrected chi connectivity index (χ4v) is 4.61. The number of hydrogen-bond donors (Lipinski definition) is 1. The highest BCUT2D eigenvalue weighted by molar-refractivity contribution is 6.00. The van der Waals surface area contributed by atoms with Crippen LogP contribution in [0.3, 0.4) is 0 Å². The molecule has 1 N–H and O–H groups in total. The third kappa shape index (κ3) is 4.47. The minimum Gasteiger partial charge on any atom is -0.497 e. The van der Waals surface area contributed by atoms with Crippen molar-refractivity contribution < 1.29 is 28.5 Å². The van der Waals surface area contributed by atoms with E-state index < -0.39 is 12.0 Å². The van der Waals surface area contributed by atoms with Gasteiger partial charge in [0.1, 0.15) is 11.5 Å². The van der Waals surface area contributed by atoms with Gasteiger partial charge in [-0.1, -0.05) is 12.1 Å². The molecule has 0 radical (unpaired) electrons. The summed E-state index contributed by atoms with van der Waals surface area (Å²) in [7, 11) is 3.20.